The molecular weight excluding hydrogens is 420 g/mol. The van der Waals surface area contributed by atoms with E-state index in [0.29, 0.717) is 34.2 Å². The molecule has 0 spiro atoms. The summed E-state index contributed by atoms with van der Waals surface area (Å²) in [7, 11) is 1.48. The molecule has 0 saturated heterocycles. The molecule has 168 valence electrons. The number of anilines is 1. The number of hydrogen-bond acceptors (Lipinski definition) is 5. The average molecular weight is 449 g/mol. The molecule has 0 heterocycles. The van der Waals surface area contributed by atoms with Crippen LogP contribution in [0, 0.1) is 23.2 Å². The van der Waals surface area contributed by atoms with Gasteiger partial charge in [-0.3, -0.25) is 14.4 Å². The van der Waals surface area contributed by atoms with Crippen LogP contribution >= 0.6 is 11.6 Å². The van der Waals surface area contributed by atoms with Crippen molar-refractivity contribution >= 4 is 35.1 Å². The predicted octanol–water partition coefficient (Wildman–Crippen LogP) is 3.55. The zero-order valence-corrected chi connectivity index (χ0v) is 18.7. The fourth-order valence-electron chi connectivity index (χ4n) is 6.03. The standard InChI is InChI=1S/C23H29ClN2O5/c1-13(21(28)26-18-8-17(24)3-4-19(18)30-2)31-20(27)12-25-22(29)23-9-14-5-15(10-23)7-16(6-14)11-23/h3-4,8,13-16H,5-7,9-12H2,1-2H3,(H,25,29)(H,26,28)/t13-,14?,15?,16?,23?/m1/s1. The Kier molecular flexibility index (Phi) is 6.15. The Morgan fingerprint density at radius 1 is 1.13 bits per heavy atom. The highest BCUT2D eigenvalue weighted by Crippen LogP contribution is 2.60. The topological polar surface area (TPSA) is 93.7 Å². The van der Waals surface area contributed by atoms with Crippen molar-refractivity contribution in [3.05, 3.63) is 23.2 Å². The summed E-state index contributed by atoms with van der Waals surface area (Å²) in [5.74, 6) is 1.20. The highest BCUT2D eigenvalue weighted by atomic mass is 35.5. The van der Waals surface area contributed by atoms with Gasteiger partial charge in [0.25, 0.3) is 5.91 Å². The third kappa shape index (κ3) is 4.66. The number of esters is 1. The maximum Gasteiger partial charge on any atom is 0.326 e. The number of methoxy groups -OCH3 is 1. The van der Waals surface area contributed by atoms with Crippen molar-refractivity contribution in [3.8, 4) is 5.75 Å². The molecule has 4 bridgehead atoms. The van der Waals surface area contributed by atoms with E-state index < -0.39 is 18.0 Å². The fourth-order valence-corrected chi connectivity index (χ4v) is 6.21. The summed E-state index contributed by atoms with van der Waals surface area (Å²) in [4.78, 5) is 37.6. The number of carbonyl (C=O) groups is 3. The number of nitrogens with one attached hydrogen (secondary N) is 2. The summed E-state index contributed by atoms with van der Waals surface area (Å²) in [6, 6.07) is 4.83. The maximum atomic E-state index is 12.9. The Labute approximate surface area is 187 Å². The van der Waals surface area contributed by atoms with Gasteiger partial charge in [0.1, 0.15) is 12.3 Å². The SMILES string of the molecule is COc1ccc(Cl)cc1NC(=O)[C@@H](C)OC(=O)CNC(=O)C12CC3CC(CC(C3)C1)C2. The van der Waals surface area contributed by atoms with Gasteiger partial charge in [0.05, 0.1) is 12.8 Å². The van der Waals surface area contributed by atoms with Crippen LogP contribution in [0.1, 0.15) is 45.4 Å². The molecule has 31 heavy (non-hydrogen) atoms. The number of ether oxygens (including phenoxy) is 2. The van der Waals surface area contributed by atoms with Crippen molar-refractivity contribution in [2.24, 2.45) is 23.2 Å². The highest BCUT2D eigenvalue weighted by molar-refractivity contribution is 6.31. The van der Waals surface area contributed by atoms with Crippen molar-refractivity contribution in [1.29, 1.82) is 0 Å². The Bertz CT molecular complexity index is 851. The van der Waals surface area contributed by atoms with Gasteiger partial charge in [-0.2, -0.15) is 0 Å². The first kappa shape index (κ1) is 21.9. The first-order valence-corrected chi connectivity index (χ1v) is 11.3. The minimum atomic E-state index is -1.03. The van der Waals surface area contributed by atoms with Crippen LogP contribution in [0.15, 0.2) is 18.2 Å². The van der Waals surface area contributed by atoms with E-state index in [1.807, 2.05) is 0 Å². The number of halogens is 1. The predicted molar refractivity (Wildman–Crippen MR) is 116 cm³/mol. The first-order valence-electron chi connectivity index (χ1n) is 10.9. The van der Waals surface area contributed by atoms with Gasteiger partial charge < -0.3 is 20.1 Å². The zero-order chi connectivity index (χ0) is 22.2. The number of carbonyl (C=O) groups excluding carboxylic acids is 3. The number of amides is 2. The van der Waals surface area contributed by atoms with Crippen LogP contribution in [0.25, 0.3) is 0 Å². The Morgan fingerprint density at radius 2 is 1.74 bits per heavy atom. The van der Waals surface area contributed by atoms with Crippen LogP contribution in [-0.2, 0) is 19.1 Å². The maximum absolute atomic E-state index is 12.9. The van der Waals surface area contributed by atoms with Crippen molar-refractivity contribution in [2.45, 2.75) is 51.6 Å². The molecule has 4 aliphatic carbocycles. The van der Waals surface area contributed by atoms with Gasteiger partial charge in [0.15, 0.2) is 6.10 Å². The number of rotatable bonds is 7. The van der Waals surface area contributed by atoms with E-state index in [2.05, 4.69) is 10.6 Å². The van der Waals surface area contributed by atoms with Crippen LogP contribution in [0.3, 0.4) is 0 Å². The van der Waals surface area contributed by atoms with Gasteiger partial charge in [0.2, 0.25) is 5.91 Å². The Balaban J connectivity index is 1.27. The van der Waals surface area contributed by atoms with Gasteiger partial charge in [-0.15, -0.1) is 0 Å². The summed E-state index contributed by atoms with van der Waals surface area (Å²) >= 11 is 5.97. The second-order valence-corrected chi connectivity index (χ2v) is 9.78. The molecule has 1 aromatic carbocycles. The molecule has 4 aliphatic rings. The van der Waals surface area contributed by atoms with E-state index in [1.165, 1.54) is 33.3 Å². The molecule has 1 aromatic rings. The number of hydrogen-bond donors (Lipinski definition) is 2. The third-order valence-corrected chi connectivity index (χ3v) is 7.25. The highest BCUT2D eigenvalue weighted by Gasteiger charge is 2.54. The Hall–Kier alpha value is -2.28. The van der Waals surface area contributed by atoms with E-state index in [4.69, 9.17) is 21.1 Å². The summed E-state index contributed by atoms with van der Waals surface area (Å²) in [6.45, 7) is 1.24. The van der Waals surface area contributed by atoms with E-state index in [-0.39, 0.29) is 17.9 Å². The summed E-state index contributed by atoms with van der Waals surface area (Å²) < 4.78 is 10.4. The first-order chi connectivity index (χ1) is 14.8. The smallest absolute Gasteiger partial charge is 0.326 e. The molecule has 0 unspecified atom stereocenters. The molecule has 1 atom stereocenters. The van der Waals surface area contributed by atoms with Crippen LogP contribution < -0.4 is 15.4 Å². The fraction of sp³-hybridized carbons (Fsp3) is 0.609. The largest absolute Gasteiger partial charge is 0.495 e. The summed E-state index contributed by atoms with van der Waals surface area (Å²) in [5.41, 5.74) is 0.0688. The molecule has 0 aromatic heterocycles. The lowest BCUT2D eigenvalue weighted by Crippen LogP contribution is -2.54. The second kappa shape index (κ2) is 8.69. The normalized spacial score (nSPS) is 29.2. The lowest BCUT2D eigenvalue weighted by Gasteiger charge is -2.55. The second-order valence-electron chi connectivity index (χ2n) is 9.35. The van der Waals surface area contributed by atoms with Gasteiger partial charge in [-0.25, -0.2) is 0 Å². The van der Waals surface area contributed by atoms with Gasteiger partial charge in [-0.1, -0.05) is 11.6 Å². The van der Waals surface area contributed by atoms with E-state index in [0.717, 1.165) is 19.3 Å². The van der Waals surface area contributed by atoms with Crippen molar-refractivity contribution in [2.75, 3.05) is 19.0 Å². The molecule has 4 fully saturated rings. The van der Waals surface area contributed by atoms with E-state index in [9.17, 15) is 14.4 Å². The third-order valence-electron chi connectivity index (χ3n) is 7.01. The van der Waals surface area contributed by atoms with Crippen LogP contribution in [0.5, 0.6) is 5.75 Å². The van der Waals surface area contributed by atoms with E-state index >= 15 is 0 Å². The molecular formula is C23H29ClN2O5. The molecule has 0 radical (unpaired) electrons. The molecule has 2 amide bonds. The zero-order valence-electron chi connectivity index (χ0n) is 17.9. The molecule has 2 N–H and O–H groups in total. The van der Waals surface area contributed by atoms with E-state index in [1.54, 1.807) is 18.2 Å². The molecule has 7 nitrogen and oxygen atoms in total. The van der Waals surface area contributed by atoms with Gasteiger partial charge >= 0.3 is 5.97 Å². The van der Waals surface area contributed by atoms with Crippen molar-refractivity contribution in [3.63, 3.8) is 0 Å². The quantitative estimate of drug-likeness (QED) is 0.622. The molecule has 5 rings (SSSR count). The summed E-state index contributed by atoms with van der Waals surface area (Å²) in [5, 5.41) is 5.86. The molecule has 0 aliphatic heterocycles. The summed E-state index contributed by atoms with van der Waals surface area (Å²) in [6.07, 6.45) is 5.50. The van der Waals surface area contributed by atoms with Gasteiger partial charge in [-0.05, 0) is 81.4 Å². The average Bonchev–Trinajstić information content (AvgIpc) is 2.71. The molecule has 8 heteroatoms. The monoisotopic (exact) mass is 448 g/mol. The molecule has 4 saturated carbocycles. The number of benzene rings is 1. The Morgan fingerprint density at radius 3 is 2.32 bits per heavy atom. The van der Waals surface area contributed by atoms with Crippen LogP contribution in [0.4, 0.5) is 5.69 Å². The lowest BCUT2D eigenvalue weighted by atomic mass is 9.49. The van der Waals surface area contributed by atoms with Gasteiger partial charge in [0, 0.05) is 10.4 Å². The van der Waals surface area contributed by atoms with Crippen molar-refractivity contribution in [1.82, 2.24) is 5.32 Å². The minimum absolute atomic E-state index is 0.0377. The van der Waals surface area contributed by atoms with Crippen LogP contribution in [0.2, 0.25) is 5.02 Å². The minimum Gasteiger partial charge on any atom is -0.495 e. The van der Waals surface area contributed by atoms with Crippen LogP contribution in [-0.4, -0.2) is 37.5 Å². The van der Waals surface area contributed by atoms with Crippen molar-refractivity contribution < 1.29 is 23.9 Å². The lowest BCUT2D eigenvalue weighted by molar-refractivity contribution is -0.155.